The van der Waals surface area contributed by atoms with Crippen LogP contribution in [0, 0.1) is 0 Å². The summed E-state index contributed by atoms with van der Waals surface area (Å²) in [7, 11) is 1.59. The molecule has 0 spiro atoms. The van der Waals surface area contributed by atoms with Crippen molar-refractivity contribution in [2.45, 2.75) is 44.7 Å². The van der Waals surface area contributed by atoms with E-state index in [4.69, 9.17) is 4.74 Å². The van der Waals surface area contributed by atoms with Crippen LogP contribution in [0.1, 0.15) is 38.2 Å². The van der Waals surface area contributed by atoms with Crippen LogP contribution < -0.4 is 4.74 Å². The molecule has 1 N–H and O–H groups in total. The first kappa shape index (κ1) is 14.8. The molecule has 0 bridgehead atoms. The van der Waals surface area contributed by atoms with Crippen LogP contribution in [0.2, 0.25) is 0 Å². The summed E-state index contributed by atoms with van der Waals surface area (Å²) in [6, 6.07) is 3.80. The molecule has 0 aliphatic carbocycles. The molecule has 5 nitrogen and oxygen atoms in total. The van der Waals surface area contributed by atoms with Gasteiger partial charge >= 0.3 is 5.97 Å². The first-order chi connectivity index (χ1) is 9.64. The number of carboxylic acid groups (broad SMARTS) is 1. The summed E-state index contributed by atoms with van der Waals surface area (Å²) in [5.41, 5.74) is 0.217. The summed E-state index contributed by atoms with van der Waals surface area (Å²) in [4.78, 5) is 18.0. The van der Waals surface area contributed by atoms with Gasteiger partial charge in [0.2, 0.25) is 5.88 Å². The zero-order chi connectivity index (χ0) is 14.6. The highest BCUT2D eigenvalue weighted by Crippen LogP contribution is 2.36. The van der Waals surface area contributed by atoms with Crippen LogP contribution >= 0.6 is 0 Å². The standard InChI is InChI=1S/C15H22N2O3/c1-3-7-15(14(18)19)8-5-10-17(15)11-12-6-4-9-16-13(12)20-2/h4,6,9H,3,5,7-8,10-11H2,1-2H3,(H,18,19). The Morgan fingerprint density at radius 1 is 1.60 bits per heavy atom. The van der Waals surface area contributed by atoms with Crippen molar-refractivity contribution in [3.8, 4) is 5.88 Å². The number of ether oxygens (including phenoxy) is 1. The van der Waals surface area contributed by atoms with Crippen molar-refractivity contribution in [1.82, 2.24) is 9.88 Å². The van der Waals surface area contributed by atoms with Gasteiger partial charge in [0.25, 0.3) is 0 Å². The van der Waals surface area contributed by atoms with Gasteiger partial charge in [-0.05, 0) is 31.9 Å². The van der Waals surface area contributed by atoms with E-state index < -0.39 is 11.5 Å². The topological polar surface area (TPSA) is 62.7 Å². The van der Waals surface area contributed by atoms with Gasteiger partial charge in [0.05, 0.1) is 7.11 Å². The number of rotatable bonds is 6. The van der Waals surface area contributed by atoms with Gasteiger partial charge in [0.15, 0.2) is 0 Å². The van der Waals surface area contributed by atoms with Crippen molar-refractivity contribution in [2.24, 2.45) is 0 Å². The normalized spacial score (nSPS) is 22.9. The molecule has 1 unspecified atom stereocenters. The fraction of sp³-hybridized carbons (Fsp3) is 0.600. The molecular weight excluding hydrogens is 256 g/mol. The lowest BCUT2D eigenvalue weighted by Crippen LogP contribution is -2.50. The zero-order valence-corrected chi connectivity index (χ0v) is 12.1. The molecule has 2 rings (SSSR count). The molecule has 1 aromatic heterocycles. The Bertz CT molecular complexity index is 478. The number of hydrogen-bond acceptors (Lipinski definition) is 4. The maximum atomic E-state index is 11.8. The second kappa shape index (κ2) is 6.22. The molecular formula is C15H22N2O3. The van der Waals surface area contributed by atoms with Gasteiger partial charge in [0, 0.05) is 18.3 Å². The van der Waals surface area contributed by atoms with E-state index in [0.29, 0.717) is 18.8 Å². The molecule has 0 radical (unpaired) electrons. The van der Waals surface area contributed by atoms with E-state index >= 15 is 0 Å². The molecule has 0 amide bonds. The number of carboxylic acids is 1. The van der Waals surface area contributed by atoms with E-state index in [1.165, 1.54) is 0 Å². The van der Waals surface area contributed by atoms with E-state index in [9.17, 15) is 9.90 Å². The molecule has 1 fully saturated rings. The Hall–Kier alpha value is -1.62. The van der Waals surface area contributed by atoms with Crippen molar-refractivity contribution in [3.05, 3.63) is 23.9 Å². The molecule has 1 aliphatic heterocycles. The lowest BCUT2D eigenvalue weighted by atomic mass is 9.90. The third-order valence-electron chi connectivity index (χ3n) is 4.09. The van der Waals surface area contributed by atoms with Crippen LogP contribution in [0.5, 0.6) is 5.88 Å². The van der Waals surface area contributed by atoms with Crippen LogP contribution in [0.3, 0.4) is 0 Å². The minimum Gasteiger partial charge on any atom is -0.481 e. The van der Waals surface area contributed by atoms with E-state index in [0.717, 1.165) is 31.4 Å². The first-order valence-corrected chi connectivity index (χ1v) is 7.10. The smallest absolute Gasteiger partial charge is 0.324 e. The second-order valence-electron chi connectivity index (χ2n) is 5.28. The van der Waals surface area contributed by atoms with Crippen LogP contribution in [0.15, 0.2) is 18.3 Å². The lowest BCUT2D eigenvalue weighted by Gasteiger charge is -2.34. The lowest BCUT2D eigenvalue weighted by molar-refractivity contribution is -0.150. The molecule has 0 aromatic carbocycles. The van der Waals surface area contributed by atoms with E-state index in [1.54, 1.807) is 13.3 Å². The van der Waals surface area contributed by atoms with Crippen molar-refractivity contribution in [2.75, 3.05) is 13.7 Å². The molecule has 20 heavy (non-hydrogen) atoms. The first-order valence-electron chi connectivity index (χ1n) is 7.10. The van der Waals surface area contributed by atoms with Gasteiger partial charge in [-0.1, -0.05) is 19.4 Å². The van der Waals surface area contributed by atoms with E-state index in [-0.39, 0.29) is 0 Å². The van der Waals surface area contributed by atoms with Gasteiger partial charge in [-0.2, -0.15) is 0 Å². The number of aromatic nitrogens is 1. The number of aliphatic carboxylic acids is 1. The van der Waals surface area contributed by atoms with Crippen LogP contribution in [-0.4, -0.2) is 40.2 Å². The number of carbonyl (C=O) groups is 1. The molecule has 0 saturated carbocycles. The van der Waals surface area contributed by atoms with Crippen LogP contribution in [0.4, 0.5) is 0 Å². The number of nitrogens with zero attached hydrogens (tertiary/aromatic N) is 2. The number of pyridine rings is 1. The van der Waals surface area contributed by atoms with Gasteiger partial charge in [0.1, 0.15) is 5.54 Å². The Morgan fingerprint density at radius 2 is 2.40 bits per heavy atom. The largest absolute Gasteiger partial charge is 0.481 e. The monoisotopic (exact) mass is 278 g/mol. The minimum atomic E-state index is -0.727. The van der Waals surface area contributed by atoms with Crippen molar-refractivity contribution < 1.29 is 14.6 Å². The van der Waals surface area contributed by atoms with E-state index in [1.807, 2.05) is 19.1 Å². The molecule has 5 heteroatoms. The second-order valence-corrected chi connectivity index (χ2v) is 5.28. The SMILES string of the molecule is CCCC1(C(=O)O)CCCN1Cc1cccnc1OC. The van der Waals surface area contributed by atoms with Gasteiger partial charge < -0.3 is 9.84 Å². The Balaban J connectivity index is 2.24. The molecule has 1 aromatic rings. The Kier molecular flexibility index (Phi) is 4.60. The molecule has 1 saturated heterocycles. The number of hydrogen-bond donors (Lipinski definition) is 1. The molecule has 110 valence electrons. The summed E-state index contributed by atoms with van der Waals surface area (Å²) < 4.78 is 5.26. The maximum absolute atomic E-state index is 11.8. The predicted octanol–water partition coefficient (Wildman–Crippen LogP) is 2.31. The quantitative estimate of drug-likeness (QED) is 0.865. The van der Waals surface area contributed by atoms with Crippen LogP contribution in [0.25, 0.3) is 0 Å². The van der Waals surface area contributed by atoms with Crippen molar-refractivity contribution in [1.29, 1.82) is 0 Å². The summed E-state index contributed by atoms with van der Waals surface area (Å²) in [5.74, 6) is -0.130. The van der Waals surface area contributed by atoms with Crippen molar-refractivity contribution >= 4 is 5.97 Å². The van der Waals surface area contributed by atoms with E-state index in [2.05, 4.69) is 9.88 Å². The van der Waals surface area contributed by atoms with Gasteiger partial charge in [-0.15, -0.1) is 0 Å². The zero-order valence-electron chi connectivity index (χ0n) is 12.1. The van der Waals surface area contributed by atoms with Gasteiger partial charge in [-0.25, -0.2) is 4.98 Å². The fourth-order valence-electron chi connectivity index (χ4n) is 3.14. The highest BCUT2D eigenvalue weighted by molar-refractivity contribution is 5.79. The number of methoxy groups -OCH3 is 1. The van der Waals surface area contributed by atoms with Gasteiger partial charge in [-0.3, -0.25) is 9.69 Å². The minimum absolute atomic E-state index is 0.573. The summed E-state index contributed by atoms with van der Waals surface area (Å²) in [6.45, 7) is 3.42. The Labute approximate surface area is 119 Å². The summed E-state index contributed by atoms with van der Waals surface area (Å²) in [6.07, 6.45) is 4.88. The summed E-state index contributed by atoms with van der Waals surface area (Å²) >= 11 is 0. The third-order valence-corrected chi connectivity index (χ3v) is 4.09. The third kappa shape index (κ3) is 2.63. The van der Waals surface area contributed by atoms with Crippen molar-refractivity contribution in [3.63, 3.8) is 0 Å². The highest BCUT2D eigenvalue weighted by atomic mass is 16.5. The molecule has 1 aliphatic rings. The average Bonchev–Trinajstić information content (AvgIpc) is 2.84. The Morgan fingerprint density at radius 3 is 3.05 bits per heavy atom. The predicted molar refractivity (Wildman–Crippen MR) is 75.7 cm³/mol. The summed E-state index contributed by atoms with van der Waals surface area (Å²) in [5, 5.41) is 9.68. The fourth-order valence-corrected chi connectivity index (χ4v) is 3.14. The maximum Gasteiger partial charge on any atom is 0.324 e. The molecule has 1 atom stereocenters. The number of likely N-dealkylation sites (tertiary alicyclic amines) is 1. The highest BCUT2D eigenvalue weighted by Gasteiger charge is 2.46. The average molecular weight is 278 g/mol. The molecule has 2 heterocycles. The van der Waals surface area contributed by atoms with Crippen LogP contribution in [-0.2, 0) is 11.3 Å².